The molecule has 4 heteroatoms. The van der Waals surface area contributed by atoms with Gasteiger partial charge in [-0.1, -0.05) is 41.9 Å². The Morgan fingerprint density at radius 2 is 2.00 bits per heavy atom. The van der Waals surface area contributed by atoms with Crippen molar-refractivity contribution in [2.24, 2.45) is 0 Å². The Balaban J connectivity index is 2.16. The zero-order valence-corrected chi connectivity index (χ0v) is 11.8. The zero-order valence-electron chi connectivity index (χ0n) is 11.0. The van der Waals surface area contributed by atoms with Crippen molar-refractivity contribution in [3.63, 3.8) is 0 Å². The number of aliphatic carboxylic acids is 1. The monoisotopic (exact) mass is 290 g/mol. The van der Waals surface area contributed by atoms with Crippen molar-refractivity contribution in [2.75, 3.05) is 0 Å². The molecule has 2 aromatic rings. The summed E-state index contributed by atoms with van der Waals surface area (Å²) in [4.78, 5) is 11.3. The van der Waals surface area contributed by atoms with E-state index in [0.29, 0.717) is 10.8 Å². The first-order chi connectivity index (χ1) is 9.56. The Labute approximate surface area is 122 Å². The minimum atomic E-state index is -0.992. The number of hydrogen-bond acceptors (Lipinski definition) is 2. The van der Waals surface area contributed by atoms with E-state index in [0.717, 1.165) is 11.1 Å². The largest absolute Gasteiger partial charge is 0.478 e. The smallest absolute Gasteiger partial charge is 0.345 e. The van der Waals surface area contributed by atoms with E-state index >= 15 is 0 Å². The average Bonchev–Trinajstić information content (AvgIpc) is 2.40. The molecule has 0 unspecified atom stereocenters. The average molecular weight is 291 g/mol. The van der Waals surface area contributed by atoms with Crippen molar-refractivity contribution in [1.82, 2.24) is 0 Å². The third-order valence-electron chi connectivity index (χ3n) is 2.95. The number of carboxylic acids is 1. The van der Waals surface area contributed by atoms with Crippen molar-refractivity contribution in [1.29, 1.82) is 0 Å². The quantitative estimate of drug-likeness (QED) is 0.913. The van der Waals surface area contributed by atoms with E-state index in [1.54, 1.807) is 24.3 Å². The number of aryl methyl sites for hydroxylation is 1. The van der Waals surface area contributed by atoms with Gasteiger partial charge < -0.3 is 9.84 Å². The van der Waals surface area contributed by atoms with Gasteiger partial charge in [0, 0.05) is 11.4 Å². The van der Waals surface area contributed by atoms with Crippen LogP contribution in [0.2, 0.25) is 5.02 Å². The molecule has 104 valence electrons. The molecule has 0 aliphatic heterocycles. The zero-order chi connectivity index (χ0) is 14.5. The first-order valence-corrected chi connectivity index (χ1v) is 6.63. The molecular weight excluding hydrogens is 276 g/mol. The second kappa shape index (κ2) is 6.44. The number of carboxylic acid groups (broad SMARTS) is 1. The molecule has 0 aliphatic carbocycles. The van der Waals surface area contributed by atoms with Gasteiger partial charge in [0.1, 0.15) is 5.75 Å². The number of rotatable bonds is 5. The van der Waals surface area contributed by atoms with E-state index in [-0.39, 0.29) is 6.42 Å². The summed E-state index contributed by atoms with van der Waals surface area (Å²) in [5.41, 5.74) is 1.74. The second-order valence-corrected chi connectivity index (χ2v) is 4.98. The van der Waals surface area contributed by atoms with Crippen LogP contribution in [0.4, 0.5) is 0 Å². The van der Waals surface area contributed by atoms with Gasteiger partial charge in [-0.05, 0) is 36.2 Å². The molecule has 0 saturated carbocycles. The third-order valence-corrected chi connectivity index (χ3v) is 3.18. The summed E-state index contributed by atoms with van der Waals surface area (Å²) in [7, 11) is 0. The molecule has 2 aromatic carbocycles. The molecule has 0 aliphatic rings. The van der Waals surface area contributed by atoms with E-state index in [9.17, 15) is 9.90 Å². The summed E-state index contributed by atoms with van der Waals surface area (Å²) in [5, 5.41) is 9.88. The highest BCUT2D eigenvalue weighted by Gasteiger charge is 2.20. The fraction of sp³-hybridized carbons (Fsp3) is 0.188. The van der Waals surface area contributed by atoms with Crippen molar-refractivity contribution >= 4 is 17.6 Å². The molecule has 0 spiro atoms. The molecule has 2 rings (SSSR count). The van der Waals surface area contributed by atoms with E-state index in [1.807, 2.05) is 31.2 Å². The van der Waals surface area contributed by atoms with E-state index in [4.69, 9.17) is 16.3 Å². The summed E-state index contributed by atoms with van der Waals surface area (Å²) in [5.74, 6) is -0.407. The van der Waals surface area contributed by atoms with Gasteiger partial charge in [0.25, 0.3) is 0 Å². The van der Waals surface area contributed by atoms with E-state index in [1.165, 1.54) is 0 Å². The third kappa shape index (κ3) is 3.75. The lowest BCUT2D eigenvalue weighted by atomic mass is 10.1. The van der Waals surface area contributed by atoms with Gasteiger partial charge >= 0.3 is 5.97 Å². The van der Waals surface area contributed by atoms with Crippen LogP contribution in [0.5, 0.6) is 5.75 Å². The Bertz CT molecular complexity index is 610. The first kappa shape index (κ1) is 14.4. The number of carbonyl (C=O) groups is 1. The van der Waals surface area contributed by atoms with Crippen molar-refractivity contribution in [2.45, 2.75) is 19.4 Å². The standard InChI is InChI=1S/C16H15ClO3/c1-11-5-2-3-8-14(11)20-15(16(18)19)10-12-6-4-7-13(17)9-12/h2-9,15H,10H2,1H3,(H,18,19)/t15-/m0/s1. The maximum atomic E-state index is 11.3. The number of para-hydroxylation sites is 1. The van der Waals surface area contributed by atoms with Gasteiger partial charge in [-0.2, -0.15) is 0 Å². The maximum Gasteiger partial charge on any atom is 0.345 e. The predicted molar refractivity (Wildman–Crippen MR) is 78.4 cm³/mol. The van der Waals surface area contributed by atoms with Gasteiger partial charge in [-0.3, -0.25) is 0 Å². The fourth-order valence-corrected chi connectivity index (χ4v) is 2.11. The van der Waals surface area contributed by atoms with Crippen LogP contribution in [0.15, 0.2) is 48.5 Å². The van der Waals surface area contributed by atoms with Crippen LogP contribution in [0.1, 0.15) is 11.1 Å². The predicted octanol–water partition coefficient (Wildman–Crippen LogP) is 3.72. The van der Waals surface area contributed by atoms with Crippen LogP contribution >= 0.6 is 11.6 Å². The number of hydrogen-bond donors (Lipinski definition) is 1. The van der Waals surface area contributed by atoms with Crippen LogP contribution < -0.4 is 4.74 Å². The Hall–Kier alpha value is -2.00. The van der Waals surface area contributed by atoms with Crippen molar-refractivity contribution < 1.29 is 14.6 Å². The Kier molecular flexibility index (Phi) is 4.64. The lowest BCUT2D eigenvalue weighted by Gasteiger charge is -2.16. The summed E-state index contributed by atoms with van der Waals surface area (Å²) >= 11 is 5.91. The normalized spacial score (nSPS) is 11.9. The lowest BCUT2D eigenvalue weighted by Crippen LogP contribution is -2.29. The fourth-order valence-electron chi connectivity index (χ4n) is 1.90. The van der Waals surface area contributed by atoms with Gasteiger partial charge in [-0.15, -0.1) is 0 Å². The minimum Gasteiger partial charge on any atom is -0.478 e. The topological polar surface area (TPSA) is 46.5 Å². The number of halogens is 1. The molecule has 3 nitrogen and oxygen atoms in total. The van der Waals surface area contributed by atoms with Crippen LogP contribution in [0.25, 0.3) is 0 Å². The lowest BCUT2D eigenvalue weighted by molar-refractivity contribution is -0.145. The van der Waals surface area contributed by atoms with Crippen molar-refractivity contribution in [3.8, 4) is 5.75 Å². The Morgan fingerprint density at radius 3 is 2.65 bits per heavy atom. The highest BCUT2D eigenvalue weighted by Crippen LogP contribution is 2.20. The van der Waals surface area contributed by atoms with Crippen LogP contribution in [-0.4, -0.2) is 17.2 Å². The Morgan fingerprint density at radius 1 is 1.25 bits per heavy atom. The molecule has 0 heterocycles. The van der Waals surface area contributed by atoms with Gasteiger partial charge in [-0.25, -0.2) is 4.79 Å². The highest BCUT2D eigenvalue weighted by atomic mass is 35.5. The number of ether oxygens (including phenoxy) is 1. The summed E-state index contributed by atoms with van der Waals surface area (Å²) in [6.07, 6.45) is -0.668. The molecule has 0 fully saturated rings. The molecule has 0 aromatic heterocycles. The van der Waals surface area contributed by atoms with Crippen LogP contribution in [-0.2, 0) is 11.2 Å². The van der Waals surface area contributed by atoms with Crippen LogP contribution in [0, 0.1) is 6.92 Å². The highest BCUT2D eigenvalue weighted by molar-refractivity contribution is 6.30. The van der Waals surface area contributed by atoms with Gasteiger partial charge in [0.05, 0.1) is 0 Å². The summed E-state index contributed by atoms with van der Waals surface area (Å²) in [6, 6.07) is 14.5. The summed E-state index contributed by atoms with van der Waals surface area (Å²) in [6.45, 7) is 1.88. The van der Waals surface area contributed by atoms with Gasteiger partial charge in [0.15, 0.2) is 6.10 Å². The number of benzene rings is 2. The SMILES string of the molecule is Cc1ccccc1O[C@@H](Cc1cccc(Cl)c1)C(=O)O. The molecule has 1 N–H and O–H groups in total. The maximum absolute atomic E-state index is 11.3. The molecular formula is C16H15ClO3. The van der Waals surface area contributed by atoms with Crippen LogP contribution in [0.3, 0.4) is 0 Å². The summed E-state index contributed by atoms with van der Waals surface area (Å²) < 4.78 is 5.61. The van der Waals surface area contributed by atoms with E-state index < -0.39 is 12.1 Å². The molecule has 0 amide bonds. The first-order valence-electron chi connectivity index (χ1n) is 6.26. The molecule has 0 bridgehead atoms. The van der Waals surface area contributed by atoms with Crippen molar-refractivity contribution in [3.05, 3.63) is 64.7 Å². The molecule has 0 saturated heterocycles. The van der Waals surface area contributed by atoms with Gasteiger partial charge in [0.2, 0.25) is 0 Å². The molecule has 1 atom stereocenters. The molecule has 0 radical (unpaired) electrons. The van der Waals surface area contributed by atoms with E-state index in [2.05, 4.69) is 0 Å². The second-order valence-electron chi connectivity index (χ2n) is 4.54. The minimum absolute atomic E-state index is 0.268. The molecule has 20 heavy (non-hydrogen) atoms.